The molecule has 0 radical (unpaired) electrons. The first-order valence-corrected chi connectivity index (χ1v) is 6.15. The van der Waals surface area contributed by atoms with Crippen molar-refractivity contribution in [2.75, 3.05) is 0 Å². The molecule has 2 aromatic carbocycles. The number of benzene rings is 2. The number of nitro groups is 1. The van der Waals surface area contributed by atoms with Crippen LogP contribution in [0.2, 0.25) is 5.02 Å². The molecular formula is C14H8ClFN2O3. The summed E-state index contributed by atoms with van der Waals surface area (Å²) in [5.74, 6) is -0.639. The van der Waals surface area contributed by atoms with Gasteiger partial charge in [0.25, 0.3) is 5.69 Å². The van der Waals surface area contributed by atoms with Crippen LogP contribution in [0.4, 0.5) is 10.1 Å². The molecule has 7 heteroatoms. The van der Waals surface area contributed by atoms with Crippen molar-refractivity contribution in [2.45, 2.75) is 6.61 Å². The average Bonchev–Trinajstić information content (AvgIpc) is 2.46. The van der Waals surface area contributed by atoms with Crippen LogP contribution in [0.1, 0.15) is 11.1 Å². The maximum atomic E-state index is 13.4. The van der Waals surface area contributed by atoms with Crippen molar-refractivity contribution >= 4 is 17.3 Å². The van der Waals surface area contributed by atoms with E-state index in [0.717, 1.165) is 6.07 Å². The van der Waals surface area contributed by atoms with Crippen molar-refractivity contribution in [1.29, 1.82) is 5.26 Å². The Kier molecular flexibility index (Phi) is 4.36. The number of hydrogen-bond donors (Lipinski definition) is 0. The van der Waals surface area contributed by atoms with E-state index in [1.807, 2.05) is 0 Å². The van der Waals surface area contributed by atoms with Crippen LogP contribution in [0.5, 0.6) is 5.75 Å². The zero-order chi connectivity index (χ0) is 15.4. The monoisotopic (exact) mass is 306 g/mol. The van der Waals surface area contributed by atoms with Crippen LogP contribution < -0.4 is 4.74 Å². The minimum atomic E-state index is -0.694. The van der Waals surface area contributed by atoms with Gasteiger partial charge in [-0.05, 0) is 18.2 Å². The van der Waals surface area contributed by atoms with Crippen LogP contribution in [-0.4, -0.2) is 4.92 Å². The summed E-state index contributed by atoms with van der Waals surface area (Å²) in [4.78, 5) is 10.2. The topological polar surface area (TPSA) is 76.2 Å². The van der Waals surface area contributed by atoms with Crippen molar-refractivity contribution < 1.29 is 14.1 Å². The third kappa shape index (κ3) is 3.27. The average molecular weight is 307 g/mol. The molecule has 0 unspecified atom stereocenters. The predicted molar refractivity (Wildman–Crippen MR) is 73.6 cm³/mol. The summed E-state index contributed by atoms with van der Waals surface area (Å²) in [6.45, 7) is -0.112. The molecule has 2 aromatic rings. The molecule has 0 saturated carbocycles. The number of nitriles is 1. The third-order valence-corrected chi connectivity index (χ3v) is 3.08. The van der Waals surface area contributed by atoms with Crippen LogP contribution in [-0.2, 0) is 6.61 Å². The second kappa shape index (κ2) is 6.20. The minimum absolute atomic E-state index is 0.0556. The molecule has 0 aliphatic heterocycles. The Morgan fingerprint density at radius 3 is 2.81 bits per heavy atom. The summed E-state index contributed by atoms with van der Waals surface area (Å²) in [6.07, 6.45) is 0. The van der Waals surface area contributed by atoms with Gasteiger partial charge in [0.15, 0.2) is 0 Å². The van der Waals surface area contributed by atoms with E-state index in [2.05, 4.69) is 0 Å². The van der Waals surface area contributed by atoms with E-state index < -0.39 is 10.7 Å². The highest BCUT2D eigenvalue weighted by molar-refractivity contribution is 6.31. The summed E-state index contributed by atoms with van der Waals surface area (Å²) in [5.41, 5.74) is 0.0239. The highest BCUT2D eigenvalue weighted by Crippen LogP contribution is 2.25. The quantitative estimate of drug-likeness (QED) is 0.635. The molecule has 0 aliphatic carbocycles. The predicted octanol–water partition coefficient (Wildman–Crippen LogP) is 3.84. The van der Waals surface area contributed by atoms with Crippen LogP contribution in [0.3, 0.4) is 0 Å². The number of ether oxygens (including phenoxy) is 1. The molecule has 0 amide bonds. The van der Waals surface area contributed by atoms with Gasteiger partial charge in [-0.2, -0.15) is 5.26 Å². The number of halogens is 2. The van der Waals surface area contributed by atoms with Gasteiger partial charge >= 0.3 is 0 Å². The normalized spacial score (nSPS) is 9.95. The maximum absolute atomic E-state index is 13.4. The Morgan fingerprint density at radius 1 is 1.38 bits per heavy atom. The maximum Gasteiger partial charge on any atom is 0.269 e. The molecule has 0 heterocycles. The highest BCUT2D eigenvalue weighted by Gasteiger charge is 2.13. The number of nitrogens with zero attached hydrogens (tertiary/aromatic N) is 2. The van der Waals surface area contributed by atoms with Crippen LogP contribution >= 0.6 is 11.6 Å². The van der Waals surface area contributed by atoms with Gasteiger partial charge in [0.2, 0.25) is 0 Å². The fourth-order valence-corrected chi connectivity index (χ4v) is 1.85. The second-order valence-electron chi connectivity index (χ2n) is 4.05. The van der Waals surface area contributed by atoms with E-state index in [1.54, 1.807) is 6.07 Å². The van der Waals surface area contributed by atoms with Crippen molar-refractivity contribution in [1.82, 2.24) is 0 Å². The Hall–Kier alpha value is -2.65. The number of nitro benzene ring substituents is 1. The van der Waals surface area contributed by atoms with E-state index >= 15 is 0 Å². The lowest BCUT2D eigenvalue weighted by Gasteiger charge is -2.09. The number of hydrogen-bond acceptors (Lipinski definition) is 4. The first kappa shape index (κ1) is 14.8. The Labute approximate surface area is 124 Å². The fourth-order valence-electron chi connectivity index (χ4n) is 1.67. The van der Waals surface area contributed by atoms with Gasteiger partial charge in [-0.25, -0.2) is 4.39 Å². The molecule has 2 rings (SSSR count). The van der Waals surface area contributed by atoms with Crippen LogP contribution in [0, 0.1) is 27.3 Å². The summed E-state index contributed by atoms with van der Waals surface area (Å²) < 4.78 is 18.7. The molecule has 106 valence electrons. The Balaban J connectivity index is 2.25. The molecule has 0 N–H and O–H groups in total. The molecule has 0 saturated heterocycles. The number of rotatable bonds is 4. The molecular weight excluding hydrogens is 299 g/mol. The van der Waals surface area contributed by atoms with Gasteiger partial charge in [-0.15, -0.1) is 0 Å². The Bertz CT molecular complexity index is 743. The molecule has 0 fully saturated rings. The molecule has 0 atom stereocenters. The molecule has 0 spiro atoms. The van der Waals surface area contributed by atoms with Crippen molar-refractivity contribution in [3.05, 3.63) is 68.5 Å². The van der Waals surface area contributed by atoms with Gasteiger partial charge in [-0.1, -0.05) is 17.7 Å². The van der Waals surface area contributed by atoms with E-state index in [-0.39, 0.29) is 28.6 Å². The third-order valence-electron chi connectivity index (χ3n) is 2.71. The summed E-state index contributed by atoms with van der Waals surface area (Å²) >= 11 is 5.93. The van der Waals surface area contributed by atoms with E-state index in [1.165, 1.54) is 30.3 Å². The van der Waals surface area contributed by atoms with E-state index in [4.69, 9.17) is 21.6 Å². The lowest BCUT2D eigenvalue weighted by Crippen LogP contribution is -2.00. The first-order chi connectivity index (χ1) is 10.0. The summed E-state index contributed by atoms with van der Waals surface area (Å²) in [5, 5.41) is 19.9. The van der Waals surface area contributed by atoms with Crippen molar-refractivity contribution in [2.24, 2.45) is 0 Å². The second-order valence-corrected chi connectivity index (χ2v) is 4.45. The molecule has 0 aromatic heterocycles. The first-order valence-electron chi connectivity index (χ1n) is 5.77. The smallest absolute Gasteiger partial charge is 0.269 e. The Morgan fingerprint density at radius 2 is 2.14 bits per heavy atom. The largest absolute Gasteiger partial charge is 0.487 e. The van der Waals surface area contributed by atoms with Crippen molar-refractivity contribution in [3.8, 4) is 11.8 Å². The van der Waals surface area contributed by atoms with Gasteiger partial charge in [0, 0.05) is 22.7 Å². The zero-order valence-electron chi connectivity index (χ0n) is 10.5. The minimum Gasteiger partial charge on any atom is -0.487 e. The molecule has 21 heavy (non-hydrogen) atoms. The molecule has 5 nitrogen and oxygen atoms in total. The van der Waals surface area contributed by atoms with Crippen LogP contribution in [0.25, 0.3) is 0 Å². The molecule has 0 bridgehead atoms. The lowest BCUT2D eigenvalue weighted by atomic mass is 10.2. The van der Waals surface area contributed by atoms with Crippen LogP contribution in [0.15, 0.2) is 36.4 Å². The van der Waals surface area contributed by atoms with Gasteiger partial charge in [0.1, 0.15) is 29.8 Å². The van der Waals surface area contributed by atoms with Gasteiger partial charge in [0.05, 0.1) is 4.92 Å². The lowest BCUT2D eigenvalue weighted by molar-refractivity contribution is -0.384. The van der Waals surface area contributed by atoms with E-state index in [0.29, 0.717) is 5.56 Å². The zero-order valence-corrected chi connectivity index (χ0v) is 11.3. The van der Waals surface area contributed by atoms with E-state index in [9.17, 15) is 14.5 Å². The SMILES string of the molecule is N#Cc1c(F)cccc1OCc1cc([N+](=O)[O-])ccc1Cl. The number of non-ortho nitro benzene ring substituents is 1. The fraction of sp³-hybridized carbons (Fsp3) is 0.0714. The molecule has 0 aliphatic rings. The van der Waals surface area contributed by atoms with Gasteiger partial charge < -0.3 is 4.74 Å². The highest BCUT2D eigenvalue weighted by atomic mass is 35.5. The summed E-state index contributed by atoms with van der Waals surface area (Å²) in [6, 6.07) is 9.62. The summed E-state index contributed by atoms with van der Waals surface area (Å²) in [7, 11) is 0. The van der Waals surface area contributed by atoms with Gasteiger partial charge in [-0.3, -0.25) is 10.1 Å². The van der Waals surface area contributed by atoms with Crippen molar-refractivity contribution in [3.63, 3.8) is 0 Å². The standard InChI is InChI=1S/C14H8ClFN2O3/c15-12-5-4-10(18(19)20)6-9(12)8-21-14-3-1-2-13(16)11(14)7-17/h1-6H,8H2.